The van der Waals surface area contributed by atoms with Crippen LogP contribution in [-0.4, -0.2) is 38.9 Å². The molecule has 0 atom stereocenters. The number of hydrogen-bond donors (Lipinski definition) is 0. The summed E-state index contributed by atoms with van der Waals surface area (Å²) in [5.74, 6) is 1.66. The molecule has 0 amide bonds. The van der Waals surface area contributed by atoms with Crippen LogP contribution in [0.1, 0.15) is 11.4 Å². The van der Waals surface area contributed by atoms with E-state index in [4.69, 9.17) is 0 Å². The van der Waals surface area contributed by atoms with Crippen molar-refractivity contribution in [2.24, 2.45) is 0 Å². The van der Waals surface area contributed by atoms with Gasteiger partial charge in [0, 0.05) is 30.0 Å². The molecular formula is C18H14N8. The van der Waals surface area contributed by atoms with Crippen molar-refractivity contribution in [3.05, 3.63) is 60.3 Å². The standard InChI is InChI=1S/C18H14N8/c1-11-9-12(2)26-18(20-11)23-16(24-26)14-6-8-25-10-15(22-17(25)21-14)13-5-3-4-7-19-13/h3-10H,1-2H3. The van der Waals surface area contributed by atoms with Crippen molar-refractivity contribution < 1.29 is 0 Å². The molecule has 5 rings (SSSR count). The Labute approximate surface area is 148 Å². The lowest BCUT2D eigenvalue weighted by molar-refractivity contribution is 0.886. The second kappa shape index (κ2) is 5.41. The molecule has 0 aliphatic heterocycles. The summed E-state index contributed by atoms with van der Waals surface area (Å²) in [5.41, 5.74) is 4.11. The Hall–Kier alpha value is -3.68. The summed E-state index contributed by atoms with van der Waals surface area (Å²) in [6.45, 7) is 3.92. The average molecular weight is 342 g/mol. The maximum Gasteiger partial charge on any atom is 0.253 e. The van der Waals surface area contributed by atoms with Gasteiger partial charge in [-0.2, -0.15) is 4.98 Å². The summed E-state index contributed by atoms with van der Waals surface area (Å²) >= 11 is 0. The van der Waals surface area contributed by atoms with Crippen LogP contribution in [0.25, 0.3) is 34.5 Å². The van der Waals surface area contributed by atoms with Gasteiger partial charge < -0.3 is 0 Å². The van der Waals surface area contributed by atoms with Crippen molar-refractivity contribution in [2.75, 3.05) is 0 Å². The van der Waals surface area contributed by atoms with Crippen LogP contribution in [0, 0.1) is 13.8 Å². The van der Waals surface area contributed by atoms with Gasteiger partial charge in [-0.15, -0.1) is 5.10 Å². The first-order valence-corrected chi connectivity index (χ1v) is 8.16. The van der Waals surface area contributed by atoms with E-state index >= 15 is 0 Å². The van der Waals surface area contributed by atoms with E-state index in [0.29, 0.717) is 23.1 Å². The van der Waals surface area contributed by atoms with E-state index in [1.165, 1.54) is 0 Å². The van der Waals surface area contributed by atoms with Crippen LogP contribution in [-0.2, 0) is 0 Å². The Morgan fingerprint density at radius 3 is 2.58 bits per heavy atom. The largest absolute Gasteiger partial charge is 0.290 e. The SMILES string of the molecule is Cc1cc(C)n2nc(-c3ccn4cc(-c5ccccn5)nc4n3)nc2n1. The molecule has 0 aromatic carbocycles. The fraction of sp³-hybridized carbons (Fsp3) is 0.111. The molecule has 0 unspecified atom stereocenters. The van der Waals surface area contributed by atoms with Gasteiger partial charge in [-0.25, -0.2) is 19.5 Å². The summed E-state index contributed by atoms with van der Waals surface area (Å²) in [5, 5.41) is 4.53. The number of pyridine rings is 1. The molecular weight excluding hydrogens is 328 g/mol. The first-order chi connectivity index (χ1) is 12.7. The molecule has 0 saturated carbocycles. The fourth-order valence-corrected chi connectivity index (χ4v) is 2.91. The number of aryl methyl sites for hydroxylation is 2. The minimum absolute atomic E-state index is 0.524. The van der Waals surface area contributed by atoms with Gasteiger partial charge in [0.2, 0.25) is 11.6 Å². The lowest BCUT2D eigenvalue weighted by Gasteiger charge is -1.97. The number of imidazole rings is 1. The normalized spacial score (nSPS) is 11.5. The summed E-state index contributed by atoms with van der Waals surface area (Å²) in [6.07, 6.45) is 5.55. The Kier molecular flexibility index (Phi) is 3.05. The topological polar surface area (TPSA) is 86.2 Å². The molecule has 5 aromatic heterocycles. The number of rotatable bonds is 2. The zero-order valence-corrected chi connectivity index (χ0v) is 14.2. The van der Waals surface area contributed by atoms with Crippen molar-refractivity contribution in [3.63, 3.8) is 0 Å². The molecule has 0 aliphatic carbocycles. The molecule has 5 heterocycles. The van der Waals surface area contributed by atoms with Gasteiger partial charge in [0.05, 0.1) is 5.69 Å². The Bertz CT molecular complexity index is 1250. The highest BCUT2D eigenvalue weighted by molar-refractivity contribution is 5.60. The molecule has 0 saturated heterocycles. The summed E-state index contributed by atoms with van der Waals surface area (Å²) in [6, 6.07) is 9.57. The van der Waals surface area contributed by atoms with E-state index in [1.807, 2.05) is 61.0 Å². The van der Waals surface area contributed by atoms with Crippen molar-refractivity contribution in [1.82, 2.24) is 38.9 Å². The molecule has 0 spiro atoms. The van der Waals surface area contributed by atoms with Gasteiger partial charge in [-0.05, 0) is 38.1 Å². The first kappa shape index (κ1) is 14.6. The smallest absolute Gasteiger partial charge is 0.253 e. The maximum absolute atomic E-state index is 4.60. The number of fused-ring (bicyclic) bond motifs is 2. The van der Waals surface area contributed by atoms with Gasteiger partial charge in [0.1, 0.15) is 11.4 Å². The molecule has 0 radical (unpaired) electrons. The van der Waals surface area contributed by atoms with Gasteiger partial charge in [-0.3, -0.25) is 9.38 Å². The maximum atomic E-state index is 4.60. The highest BCUT2D eigenvalue weighted by Gasteiger charge is 2.13. The minimum atomic E-state index is 0.524. The number of hydrogen-bond acceptors (Lipinski definition) is 6. The zero-order valence-electron chi connectivity index (χ0n) is 14.2. The highest BCUT2D eigenvalue weighted by atomic mass is 15.3. The lowest BCUT2D eigenvalue weighted by atomic mass is 10.3. The fourth-order valence-electron chi connectivity index (χ4n) is 2.91. The van der Waals surface area contributed by atoms with E-state index in [9.17, 15) is 0 Å². The van der Waals surface area contributed by atoms with E-state index in [0.717, 1.165) is 22.8 Å². The molecule has 5 aromatic rings. The molecule has 0 aliphatic rings. The average Bonchev–Trinajstić information content (AvgIpc) is 3.25. The highest BCUT2D eigenvalue weighted by Crippen LogP contribution is 2.19. The van der Waals surface area contributed by atoms with Crippen LogP contribution in [0.15, 0.2) is 48.9 Å². The van der Waals surface area contributed by atoms with E-state index in [1.54, 1.807) is 10.7 Å². The first-order valence-electron chi connectivity index (χ1n) is 8.16. The van der Waals surface area contributed by atoms with Crippen molar-refractivity contribution in [2.45, 2.75) is 13.8 Å². The minimum Gasteiger partial charge on any atom is -0.290 e. The molecule has 26 heavy (non-hydrogen) atoms. The van der Waals surface area contributed by atoms with Crippen LogP contribution >= 0.6 is 0 Å². The molecule has 8 nitrogen and oxygen atoms in total. The summed E-state index contributed by atoms with van der Waals surface area (Å²) in [7, 11) is 0. The third-order valence-corrected chi connectivity index (χ3v) is 4.10. The van der Waals surface area contributed by atoms with E-state index < -0.39 is 0 Å². The molecule has 0 fully saturated rings. The summed E-state index contributed by atoms with van der Waals surface area (Å²) in [4.78, 5) is 22.4. The quantitative estimate of drug-likeness (QED) is 0.490. The van der Waals surface area contributed by atoms with E-state index in [-0.39, 0.29) is 0 Å². The predicted octanol–water partition coefficient (Wildman–Crippen LogP) is 2.51. The van der Waals surface area contributed by atoms with Crippen LogP contribution in [0.2, 0.25) is 0 Å². The monoisotopic (exact) mass is 342 g/mol. The van der Waals surface area contributed by atoms with Crippen molar-refractivity contribution >= 4 is 11.6 Å². The number of nitrogens with zero attached hydrogens (tertiary/aromatic N) is 8. The van der Waals surface area contributed by atoms with Gasteiger partial charge in [0.15, 0.2) is 0 Å². The van der Waals surface area contributed by atoms with Crippen LogP contribution in [0.4, 0.5) is 0 Å². The van der Waals surface area contributed by atoms with Gasteiger partial charge in [-0.1, -0.05) is 6.07 Å². The van der Waals surface area contributed by atoms with Crippen molar-refractivity contribution in [1.29, 1.82) is 0 Å². The van der Waals surface area contributed by atoms with E-state index in [2.05, 4.69) is 30.0 Å². The second-order valence-corrected chi connectivity index (χ2v) is 6.05. The number of aromatic nitrogens is 8. The molecule has 0 bridgehead atoms. The third-order valence-electron chi connectivity index (χ3n) is 4.10. The van der Waals surface area contributed by atoms with Crippen molar-refractivity contribution in [3.8, 4) is 22.9 Å². The van der Waals surface area contributed by atoms with Gasteiger partial charge >= 0.3 is 0 Å². The van der Waals surface area contributed by atoms with Crippen LogP contribution < -0.4 is 0 Å². The van der Waals surface area contributed by atoms with Crippen LogP contribution in [0.5, 0.6) is 0 Å². The van der Waals surface area contributed by atoms with Gasteiger partial charge in [0.25, 0.3) is 5.78 Å². The van der Waals surface area contributed by atoms with Crippen LogP contribution in [0.3, 0.4) is 0 Å². The second-order valence-electron chi connectivity index (χ2n) is 6.05. The predicted molar refractivity (Wildman–Crippen MR) is 95.5 cm³/mol. The Morgan fingerprint density at radius 2 is 1.73 bits per heavy atom. The Balaban J connectivity index is 1.62. The molecule has 126 valence electrons. The third kappa shape index (κ3) is 2.31. The lowest BCUT2D eigenvalue weighted by Crippen LogP contribution is -1.97. The zero-order chi connectivity index (χ0) is 17.7. The summed E-state index contributed by atoms with van der Waals surface area (Å²) < 4.78 is 3.58. The molecule has 0 N–H and O–H groups in total. The Morgan fingerprint density at radius 1 is 0.846 bits per heavy atom. The molecule has 8 heteroatoms.